The van der Waals surface area contributed by atoms with Crippen LogP contribution in [0.3, 0.4) is 0 Å². The fourth-order valence-electron chi connectivity index (χ4n) is 3.34. The van der Waals surface area contributed by atoms with Gasteiger partial charge in [-0.1, -0.05) is 30.3 Å². The molecule has 2 aliphatic rings. The van der Waals surface area contributed by atoms with E-state index in [4.69, 9.17) is 4.74 Å². The van der Waals surface area contributed by atoms with Crippen molar-refractivity contribution < 1.29 is 14.3 Å². The number of hydrogen-bond acceptors (Lipinski definition) is 4. The highest BCUT2D eigenvalue weighted by Crippen LogP contribution is 2.29. The number of piperazine rings is 1. The van der Waals surface area contributed by atoms with Gasteiger partial charge in [0.1, 0.15) is 5.75 Å². The third-order valence-electron chi connectivity index (χ3n) is 4.77. The Morgan fingerprint density at radius 3 is 2.58 bits per heavy atom. The Morgan fingerprint density at radius 1 is 1.04 bits per heavy atom. The molecule has 0 unspecified atom stereocenters. The molecule has 1 saturated heterocycles. The number of carbonyl (C=O) groups is 2. The van der Waals surface area contributed by atoms with E-state index in [0.717, 1.165) is 19.6 Å². The molecule has 0 aliphatic carbocycles. The lowest BCUT2D eigenvalue weighted by Crippen LogP contribution is -2.48. The van der Waals surface area contributed by atoms with Crippen molar-refractivity contribution in [1.82, 2.24) is 9.80 Å². The molecule has 2 aromatic carbocycles. The van der Waals surface area contributed by atoms with Gasteiger partial charge in [-0.15, -0.1) is 0 Å². The van der Waals surface area contributed by atoms with Crippen molar-refractivity contribution in [2.75, 3.05) is 38.1 Å². The standard InChI is InChI=1S/C20H21N3O3/c24-19-14-26-18-12-16(6-7-17(18)21-19)20(25)23-10-8-22(9-11-23)13-15-4-2-1-3-5-15/h1-7,12H,8-11,13-14H2,(H,21,24). The summed E-state index contributed by atoms with van der Waals surface area (Å²) in [5, 5.41) is 2.74. The van der Waals surface area contributed by atoms with E-state index >= 15 is 0 Å². The Bertz CT molecular complexity index is 814. The summed E-state index contributed by atoms with van der Waals surface area (Å²) in [6.45, 7) is 4.04. The summed E-state index contributed by atoms with van der Waals surface area (Å²) >= 11 is 0. The Hall–Kier alpha value is -2.86. The number of ether oxygens (including phenoxy) is 1. The fraction of sp³-hybridized carbons (Fsp3) is 0.300. The van der Waals surface area contributed by atoms with Crippen LogP contribution in [0.4, 0.5) is 5.69 Å². The lowest BCUT2D eigenvalue weighted by molar-refractivity contribution is -0.118. The minimum absolute atomic E-state index is 0.00709. The molecule has 1 N–H and O–H groups in total. The highest BCUT2D eigenvalue weighted by atomic mass is 16.5. The highest BCUT2D eigenvalue weighted by Gasteiger charge is 2.24. The highest BCUT2D eigenvalue weighted by molar-refractivity contribution is 5.99. The van der Waals surface area contributed by atoms with Gasteiger partial charge in [-0.25, -0.2) is 0 Å². The van der Waals surface area contributed by atoms with Crippen molar-refractivity contribution in [2.24, 2.45) is 0 Å². The van der Waals surface area contributed by atoms with E-state index in [1.54, 1.807) is 18.2 Å². The van der Waals surface area contributed by atoms with E-state index in [1.165, 1.54) is 5.56 Å². The molecule has 6 heteroatoms. The maximum atomic E-state index is 12.8. The zero-order valence-corrected chi connectivity index (χ0v) is 14.5. The molecular weight excluding hydrogens is 330 g/mol. The maximum Gasteiger partial charge on any atom is 0.262 e. The number of hydrogen-bond donors (Lipinski definition) is 1. The van der Waals surface area contributed by atoms with Gasteiger partial charge in [0.25, 0.3) is 11.8 Å². The van der Waals surface area contributed by atoms with Gasteiger partial charge in [0, 0.05) is 38.3 Å². The minimum Gasteiger partial charge on any atom is -0.482 e. The van der Waals surface area contributed by atoms with Gasteiger partial charge in [0.05, 0.1) is 5.69 Å². The minimum atomic E-state index is -0.175. The summed E-state index contributed by atoms with van der Waals surface area (Å²) < 4.78 is 5.41. The van der Waals surface area contributed by atoms with Crippen molar-refractivity contribution in [2.45, 2.75) is 6.54 Å². The molecule has 1 fully saturated rings. The molecule has 0 saturated carbocycles. The molecule has 134 valence electrons. The van der Waals surface area contributed by atoms with Crippen LogP contribution in [-0.4, -0.2) is 54.4 Å². The summed E-state index contributed by atoms with van der Waals surface area (Å²) in [6.07, 6.45) is 0. The Kier molecular flexibility index (Phi) is 4.58. The quantitative estimate of drug-likeness (QED) is 0.919. The SMILES string of the molecule is O=C1COc2cc(C(=O)N3CCN(Cc4ccccc4)CC3)ccc2N1. The number of amides is 2. The summed E-state index contributed by atoms with van der Waals surface area (Å²) in [4.78, 5) is 28.4. The first-order valence-corrected chi connectivity index (χ1v) is 8.81. The average Bonchev–Trinajstić information content (AvgIpc) is 2.68. The van der Waals surface area contributed by atoms with Crippen molar-refractivity contribution in [3.63, 3.8) is 0 Å². The van der Waals surface area contributed by atoms with Crippen LogP contribution < -0.4 is 10.1 Å². The Morgan fingerprint density at radius 2 is 1.81 bits per heavy atom. The zero-order chi connectivity index (χ0) is 17.9. The maximum absolute atomic E-state index is 12.8. The molecule has 0 aromatic heterocycles. The third kappa shape index (κ3) is 3.55. The van der Waals surface area contributed by atoms with Gasteiger partial charge in [-0.2, -0.15) is 0 Å². The first-order valence-electron chi connectivity index (χ1n) is 8.81. The van der Waals surface area contributed by atoms with E-state index in [9.17, 15) is 9.59 Å². The third-order valence-corrected chi connectivity index (χ3v) is 4.77. The molecule has 26 heavy (non-hydrogen) atoms. The second-order valence-electron chi connectivity index (χ2n) is 6.60. The molecule has 2 amide bonds. The van der Waals surface area contributed by atoms with Gasteiger partial charge in [-0.05, 0) is 23.8 Å². The van der Waals surface area contributed by atoms with Crippen LogP contribution in [0.1, 0.15) is 15.9 Å². The second kappa shape index (κ2) is 7.17. The molecule has 0 spiro atoms. The van der Waals surface area contributed by atoms with Crippen LogP contribution in [0.2, 0.25) is 0 Å². The molecule has 0 radical (unpaired) electrons. The predicted octanol–water partition coefficient (Wildman–Crippen LogP) is 1.98. The summed E-state index contributed by atoms with van der Waals surface area (Å²) in [5.41, 5.74) is 2.50. The van der Waals surface area contributed by atoms with Crippen molar-refractivity contribution in [1.29, 1.82) is 0 Å². The van der Waals surface area contributed by atoms with Crippen LogP contribution in [0.25, 0.3) is 0 Å². The summed E-state index contributed by atoms with van der Waals surface area (Å²) in [5.74, 6) is 0.386. The number of carbonyl (C=O) groups excluding carboxylic acids is 2. The average molecular weight is 351 g/mol. The van der Waals surface area contributed by atoms with Gasteiger partial charge >= 0.3 is 0 Å². The molecule has 0 atom stereocenters. The first-order chi connectivity index (χ1) is 12.7. The molecule has 6 nitrogen and oxygen atoms in total. The van der Waals surface area contributed by atoms with Gasteiger partial charge in [0.2, 0.25) is 0 Å². The molecular formula is C20H21N3O3. The number of benzene rings is 2. The topological polar surface area (TPSA) is 61.9 Å². The number of rotatable bonds is 3. The number of anilines is 1. The van der Waals surface area contributed by atoms with Crippen molar-refractivity contribution in [3.05, 3.63) is 59.7 Å². The van der Waals surface area contributed by atoms with Gasteiger partial charge in [0.15, 0.2) is 6.61 Å². The monoisotopic (exact) mass is 351 g/mol. The normalized spacial score (nSPS) is 17.2. The lowest BCUT2D eigenvalue weighted by Gasteiger charge is -2.35. The van der Waals surface area contributed by atoms with Crippen molar-refractivity contribution in [3.8, 4) is 5.75 Å². The summed E-state index contributed by atoms with van der Waals surface area (Å²) in [6, 6.07) is 15.6. The van der Waals surface area contributed by atoms with Crippen LogP contribution in [-0.2, 0) is 11.3 Å². The van der Waals surface area contributed by atoms with Crippen molar-refractivity contribution >= 4 is 17.5 Å². The first kappa shape index (κ1) is 16.6. The summed E-state index contributed by atoms with van der Waals surface area (Å²) in [7, 11) is 0. The molecule has 0 bridgehead atoms. The Balaban J connectivity index is 1.37. The van der Waals surface area contributed by atoms with E-state index in [1.807, 2.05) is 11.0 Å². The van der Waals surface area contributed by atoms with E-state index in [0.29, 0.717) is 30.1 Å². The largest absolute Gasteiger partial charge is 0.482 e. The van der Waals surface area contributed by atoms with Gasteiger partial charge in [-0.3, -0.25) is 14.5 Å². The van der Waals surface area contributed by atoms with Crippen LogP contribution in [0.15, 0.2) is 48.5 Å². The number of nitrogens with one attached hydrogen (secondary N) is 1. The van der Waals surface area contributed by atoms with Crippen LogP contribution >= 0.6 is 0 Å². The smallest absolute Gasteiger partial charge is 0.262 e. The van der Waals surface area contributed by atoms with Crippen LogP contribution in [0.5, 0.6) is 5.75 Å². The number of fused-ring (bicyclic) bond motifs is 1. The fourth-order valence-corrected chi connectivity index (χ4v) is 3.34. The second-order valence-corrected chi connectivity index (χ2v) is 6.60. The van der Waals surface area contributed by atoms with E-state index in [2.05, 4.69) is 34.5 Å². The lowest BCUT2D eigenvalue weighted by atomic mass is 10.1. The molecule has 2 aliphatic heterocycles. The van der Waals surface area contributed by atoms with Crippen LogP contribution in [0, 0.1) is 0 Å². The van der Waals surface area contributed by atoms with E-state index < -0.39 is 0 Å². The van der Waals surface area contributed by atoms with Gasteiger partial charge < -0.3 is 15.0 Å². The number of nitrogens with zero attached hydrogens (tertiary/aromatic N) is 2. The molecule has 4 rings (SSSR count). The van der Waals surface area contributed by atoms with E-state index in [-0.39, 0.29) is 18.4 Å². The Labute approximate surface area is 152 Å². The predicted molar refractivity (Wildman–Crippen MR) is 98.2 cm³/mol. The molecule has 2 aromatic rings. The molecule has 2 heterocycles. The zero-order valence-electron chi connectivity index (χ0n) is 14.5.